The van der Waals surface area contributed by atoms with Crippen molar-refractivity contribution in [1.29, 1.82) is 0 Å². The van der Waals surface area contributed by atoms with E-state index in [1.165, 1.54) is 19.3 Å². The number of rotatable bonds is 5. The Hall–Kier alpha value is -0.340. The zero-order valence-corrected chi connectivity index (χ0v) is 7.23. The summed E-state index contributed by atoms with van der Waals surface area (Å²) < 4.78 is 5.42. The van der Waals surface area contributed by atoms with Crippen LogP contribution in [0.25, 0.3) is 0 Å². The smallest absolute Gasteiger partial charge is 0.0802 e. The standard InChI is InChI=1S/C9H17NO/c1-3-7-10-8-9(11-2)5-4-6-9/h3,10H,1,4-8H2,2H3. The van der Waals surface area contributed by atoms with E-state index in [1.807, 2.05) is 6.08 Å². The van der Waals surface area contributed by atoms with Crippen molar-refractivity contribution in [2.24, 2.45) is 0 Å². The molecule has 0 spiro atoms. The summed E-state index contributed by atoms with van der Waals surface area (Å²) in [5, 5.41) is 3.29. The fraction of sp³-hybridized carbons (Fsp3) is 0.778. The predicted octanol–water partition coefficient (Wildman–Crippen LogP) is 1.33. The molecule has 0 atom stereocenters. The van der Waals surface area contributed by atoms with Crippen LogP contribution in [0, 0.1) is 0 Å². The van der Waals surface area contributed by atoms with Crippen LogP contribution in [0.1, 0.15) is 19.3 Å². The van der Waals surface area contributed by atoms with Gasteiger partial charge in [0.2, 0.25) is 0 Å². The van der Waals surface area contributed by atoms with E-state index in [1.54, 1.807) is 7.11 Å². The lowest BCUT2D eigenvalue weighted by atomic mass is 9.80. The van der Waals surface area contributed by atoms with Gasteiger partial charge >= 0.3 is 0 Å². The molecular weight excluding hydrogens is 138 g/mol. The molecule has 0 radical (unpaired) electrons. The molecule has 1 fully saturated rings. The Balaban J connectivity index is 2.16. The fourth-order valence-corrected chi connectivity index (χ4v) is 1.43. The molecule has 0 aromatic heterocycles. The number of hydrogen-bond donors (Lipinski definition) is 1. The van der Waals surface area contributed by atoms with Crippen LogP contribution in [-0.4, -0.2) is 25.8 Å². The molecule has 0 amide bonds. The minimum Gasteiger partial charge on any atom is -0.377 e. The molecule has 1 N–H and O–H groups in total. The maximum absolute atomic E-state index is 5.42. The first-order chi connectivity index (χ1) is 5.33. The van der Waals surface area contributed by atoms with E-state index in [0.29, 0.717) is 0 Å². The number of ether oxygens (including phenoxy) is 1. The Kier molecular flexibility index (Phi) is 3.09. The summed E-state index contributed by atoms with van der Waals surface area (Å²) in [6.07, 6.45) is 5.59. The zero-order chi connectivity index (χ0) is 8.16. The molecule has 11 heavy (non-hydrogen) atoms. The van der Waals surface area contributed by atoms with Crippen molar-refractivity contribution < 1.29 is 4.74 Å². The highest BCUT2D eigenvalue weighted by Gasteiger charge is 2.36. The zero-order valence-electron chi connectivity index (χ0n) is 7.23. The highest BCUT2D eigenvalue weighted by Crippen LogP contribution is 2.34. The first-order valence-corrected chi connectivity index (χ1v) is 4.20. The summed E-state index contributed by atoms with van der Waals surface area (Å²) in [6, 6.07) is 0. The molecule has 1 saturated carbocycles. The van der Waals surface area contributed by atoms with Crippen molar-refractivity contribution in [3.8, 4) is 0 Å². The molecule has 0 heterocycles. The van der Waals surface area contributed by atoms with Gasteiger partial charge in [-0.15, -0.1) is 6.58 Å². The van der Waals surface area contributed by atoms with E-state index >= 15 is 0 Å². The lowest BCUT2D eigenvalue weighted by Crippen LogP contribution is -2.47. The quantitative estimate of drug-likeness (QED) is 0.477. The third kappa shape index (κ3) is 2.04. The van der Waals surface area contributed by atoms with Crippen LogP contribution in [0.4, 0.5) is 0 Å². The van der Waals surface area contributed by atoms with Gasteiger partial charge in [-0.2, -0.15) is 0 Å². The Morgan fingerprint density at radius 1 is 1.64 bits per heavy atom. The van der Waals surface area contributed by atoms with E-state index < -0.39 is 0 Å². The van der Waals surface area contributed by atoms with Crippen molar-refractivity contribution in [2.75, 3.05) is 20.2 Å². The summed E-state index contributed by atoms with van der Waals surface area (Å²) in [5.74, 6) is 0. The van der Waals surface area contributed by atoms with Gasteiger partial charge in [-0.05, 0) is 19.3 Å². The summed E-state index contributed by atoms with van der Waals surface area (Å²) in [4.78, 5) is 0. The van der Waals surface area contributed by atoms with Gasteiger partial charge in [0.1, 0.15) is 0 Å². The average Bonchev–Trinajstić information content (AvgIpc) is 1.95. The molecule has 64 valence electrons. The average molecular weight is 155 g/mol. The lowest BCUT2D eigenvalue weighted by Gasteiger charge is -2.40. The second-order valence-electron chi connectivity index (χ2n) is 3.16. The van der Waals surface area contributed by atoms with E-state index in [2.05, 4.69) is 11.9 Å². The van der Waals surface area contributed by atoms with Crippen LogP contribution >= 0.6 is 0 Å². The molecule has 0 unspecified atom stereocenters. The minimum absolute atomic E-state index is 0.156. The monoisotopic (exact) mass is 155 g/mol. The molecule has 0 aromatic carbocycles. The first-order valence-electron chi connectivity index (χ1n) is 4.20. The van der Waals surface area contributed by atoms with Crippen molar-refractivity contribution in [3.63, 3.8) is 0 Å². The molecule has 1 aliphatic rings. The molecule has 1 rings (SSSR count). The maximum atomic E-state index is 5.42. The highest BCUT2D eigenvalue weighted by atomic mass is 16.5. The Morgan fingerprint density at radius 3 is 2.73 bits per heavy atom. The maximum Gasteiger partial charge on any atom is 0.0802 e. The first kappa shape index (κ1) is 8.75. The van der Waals surface area contributed by atoms with Crippen molar-refractivity contribution >= 4 is 0 Å². The second kappa shape index (κ2) is 3.88. The van der Waals surface area contributed by atoms with Crippen molar-refractivity contribution in [3.05, 3.63) is 12.7 Å². The third-order valence-corrected chi connectivity index (χ3v) is 2.43. The Morgan fingerprint density at radius 2 is 2.36 bits per heavy atom. The summed E-state index contributed by atoms with van der Waals surface area (Å²) in [7, 11) is 1.80. The molecule has 2 heteroatoms. The summed E-state index contributed by atoms with van der Waals surface area (Å²) in [6.45, 7) is 5.49. The largest absolute Gasteiger partial charge is 0.377 e. The Labute approximate surface area is 68.6 Å². The molecule has 0 saturated heterocycles. The third-order valence-electron chi connectivity index (χ3n) is 2.43. The molecular formula is C9H17NO. The highest BCUT2D eigenvalue weighted by molar-refractivity contribution is 4.92. The fourth-order valence-electron chi connectivity index (χ4n) is 1.43. The van der Waals surface area contributed by atoms with E-state index in [4.69, 9.17) is 4.74 Å². The van der Waals surface area contributed by atoms with Crippen molar-refractivity contribution in [1.82, 2.24) is 5.32 Å². The normalized spacial score (nSPS) is 20.8. The van der Waals surface area contributed by atoms with Gasteiger partial charge in [0.15, 0.2) is 0 Å². The summed E-state index contributed by atoms with van der Waals surface area (Å²) >= 11 is 0. The molecule has 1 aliphatic carbocycles. The van der Waals surface area contributed by atoms with Crippen LogP contribution in [0.5, 0.6) is 0 Å². The van der Waals surface area contributed by atoms with Gasteiger partial charge in [-0.25, -0.2) is 0 Å². The van der Waals surface area contributed by atoms with E-state index in [0.717, 1.165) is 13.1 Å². The van der Waals surface area contributed by atoms with Gasteiger partial charge in [0, 0.05) is 20.2 Å². The van der Waals surface area contributed by atoms with Crippen LogP contribution in [0.2, 0.25) is 0 Å². The second-order valence-corrected chi connectivity index (χ2v) is 3.16. The predicted molar refractivity (Wildman–Crippen MR) is 46.7 cm³/mol. The van der Waals surface area contributed by atoms with Crippen molar-refractivity contribution in [2.45, 2.75) is 24.9 Å². The topological polar surface area (TPSA) is 21.3 Å². The summed E-state index contributed by atoms with van der Waals surface area (Å²) in [5.41, 5.74) is 0.156. The molecule has 0 aromatic rings. The van der Waals surface area contributed by atoms with Crippen LogP contribution < -0.4 is 5.32 Å². The van der Waals surface area contributed by atoms with Gasteiger partial charge < -0.3 is 10.1 Å². The van der Waals surface area contributed by atoms with Crippen LogP contribution in [-0.2, 0) is 4.74 Å². The van der Waals surface area contributed by atoms with Gasteiger partial charge in [0.25, 0.3) is 0 Å². The number of methoxy groups -OCH3 is 1. The van der Waals surface area contributed by atoms with Crippen LogP contribution in [0.3, 0.4) is 0 Å². The van der Waals surface area contributed by atoms with Gasteiger partial charge in [-0.3, -0.25) is 0 Å². The van der Waals surface area contributed by atoms with Crippen LogP contribution in [0.15, 0.2) is 12.7 Å². The molecule has 0 bridgehead atoms. The number of hydrogen-bond acceptors (Lipinski definition) is 2. The van der Waals surface area contributed by atoms with E-state index in [-0.39, 0.29) is 5.60 Å². The molecule has 2 nitrogen and oxygen atoms in total. The van der Waals surface area contributed by atoms with Gasteiger partial charge in [0.05, 0.1) is 5.60 Å². The SMILES string of the molecule is C=CCNCC1(OC)CCC1. The number of nitrogens with one attached hydrogen (secondary N) is 1. The lowest BCUT2D eigenvalue weighted by molar-refractivity contribution is -0.0687. The van der Waals surface area contributed by atoms with Gasteiger partial charge in [-0.1, -0.05) is 6.08 Å². The molecule has 0 aliphatic heterocycles. The van der Waals surface area contributed by atoms with E-state index in [9.17, 15) is 0 Å². The Bertz CT molecular complexity index is 124. The minimum atomic E-state index is 0.156.